The molecule has 0 saturated carbocycles. The molecule has 1 heterocycles. The van der Waals surface area contributed by atoms with Crippen molar-refractivity contribution in [3.05, 3.63) is 65.2 Å². The summed E-state index contributed by atoms with van der Waals surface area (Å²) in [6, 6.07) is 13.6. The SMILES string of the molecule is CCCCCOc1ccc(C2/C(=C(\O)c3ccc(OCC(C)C)cc3)C(=O)C(=O)N2CCCOC)cc1. The van der Waals surface area contributed by atoms with E-state index in [1.165, 1.54) is 4.90 Å². The number of carbonyl (C=O) groups is 2. The lowest BCUT2D eigenvalue weighted by atomic mass is 9.95. The number of Topliss-reactive ketones (excluding diaryl/α,β-unsaturated/α-hetero) is 1. The second-order valence-electron chi connectivity index (χ2n) is 9.69. The molecule has 7 heteroatoms. The minimum Gasteiger partial charge on any atom is -0.507 e. The van der Waals surface area contributed by atoms with Crippen LogP contribution in [0.5, 0.6) is 11.5 Å². The highest BCUT2D eigenvalue weighted by Crippen LogP contribution is 2.40. The molecule has 0 radical (unpaired) electrons. The Hall–Kier alpha value is -3.32. The van der Waals surface area contributed by atoms with Gasteiger partial charge in [0.1, 0.15) is 17.3 Å². The molecule has 200 valence electrons. The van der Waals surface area contributed by atoms with E-state index in [1.807, 2.05) is 24.3 Å². The van der Waals surface area contributed by atoms with Gasteiger partial charge < -0.3 is 24.2 Å². The third-order valence-electron chi connectivity index (χ3n) is 6.21. The molecule has 1 fully saturated rings. The zero-order chi connectivity index (χ0) is 26.8. The van der Waals surface area contributed by atoms with Gasteiger partial charge in [0.25, 0.3) is 11.7 Å². The topological polar surface area (TPSA) is 85.3 Å². The van der Waals surface area contributed by atoms with Gasteiger partial charge in [-0.05, 0) is 60.7 Å². The van der Waals surface area contributed by atoms with Crippen LogP contribution in [0.15, 0.2) is 54.1 Å². The summed E-state index contributed by atoms with van der Waals surface area (Å²) >= 11 is 0. The van der Waals surface area contributed by atoms with Crippen molar-refractivity contribution in [2.75, 3.05) is 33.5 Å². The fourth-order valence-electron chi connectivity index (χ4n) is 4.25. The number of amides is 1. The number of hydrogen-bond acceptors (Lipinski definition) is 6. The van der Waals surface area contributed by atoms with Crippen LogP contribution in [0.4, 0.5) is 0 Å². The number of unbranched alkanes of at least 4 members (excludes halogenated alkanes) is 2. The first-order chi connectivity index (χ1) is 17.9. The van der Waals surface area contributed by atoms with Gasteiger partial charge in [-0.2, -0.15) is 0 Å². The zero-order valence-electron chi connectivity index (χ0n) is 22.4. The predicted molar refractivity (Wildman–Crippen MR) is 144 cm³/mol. The molecule has 1 amide bonds. The van der Waals surface area contributed by atoms with Crippen LogP contribution < -0.4 is 9.47 Å². The largest absolute Gasteiger partial charge is 0.507 e. The Bertz CT molecular complexity index is 1060. The molecule has 1 N–H and O–H groups in total. The number of rotatable bonds is 14. The number of benzene rings is 2. The van der Waals surface area contributed by atoms with Crippen molar-refractivity contribution >= 4 is 17.4 Å². The Kier molecular flexibility index (Phi) is 10.6. The lowest BCUT2D eigenvalue weighted by molar-refractivity contribution is -0.140. The quantitative estimate of drug-likeness (QED) is 0.151. The summed E-state index contributed by atoms with van der Waals surface area (Å²) in [7, 11) is 1.60. The lowest BCUT2D eigenvalue weighted by Gasteiger charge is -2.25. The van der Waals surface area contributed by atoms with Gasteiger partial charge in [0, 0.05) is 25.8 Å². The summed E-state index contributed by atoms with van der Waals surface area (Å²) in [5.74, 6) is 0.270. The van der Waals surface area contributed by atoms with Crippen LogP contribution in [0.1, 0.15) is 63.6 Å². The molecule has 0 bridgehead atoms. The highest BCUT2D eigenvalue weighted by Gasteiger charge is 2.45. The molecule has 1 unspecified atom stereocenters. The van der Waals surface area contributed by atoms with E-state index < -0.39 is 17.7 Å². The number of methoxy groups -OCH3 is 1. The maximum absolute atomic E-state index is 13.2. The summed E-state index contributed by atoms with van der Waals surface area (Å²) < 4.78 is 16.7. The van der Waals surface area contributed by atoms with E-state index in [2.05, 4.69) is 20.8 Å². The monoisotopic (exact) mass is 509 g/mol. The third kappa shape index (κ3) is 7.35. The van der Waals surface area contributed by atoms with Crippen LogP contribution in [-0.4, -0.2) is 55.2 Å². The number of nitrogens with zero attached hydrogens (tertiary/aromatic N) is 1. The van der Waals surface area contributed by atoms with Crippen LogP contribution in [-0.2, 0) is 14.3 Å². The van der Waals surface area contributed by atoms with Crippen molar-refractivity contribution in [1.82, 2.24) is 4.90 Å². The van der Waals surface area contributed by atoms with Gasteiger partial charge in [0.2, 0.25) is 0 Å². The molecule has 2 aromatic rings. The Morgan fingerprint density at radius 1 is 0.919 bits per heavy atom. The first-order valence-corrected chi connectivity index (χ1v) is 13.1. The van der Waals surface area contributed by atoms with E-state index in [4.69, 9.17) is 14.2 Å². The molecule has 1 aliphatic rings. The minimum atomic E-state index is -0.706. The van der Waals surface area contributed by atoms with E-state index >= 15 is 0 Å². The molecular weight excluding hydrogens is 470 g/mol. The number of aliphatic hydroxyl groups is 1. The minimum absolute atomic E-state index is 0.0786. The van der Waals surface area contributed by atoms with Crippen LogP contribution >= 0.6 is 0 Å². The standard InChI is InChI=1S/C30H39NO6/c1-5-6-7-19-36-24-13-9-22(10-14-24)27-26(29(33)30(34)31(27)17-8-18-35-4)28(32)23-11-15-25(16-12-23)37-20-21(2)3/h9-16,21,27,32H,5-8,17-20H2,1-4H3/b28-26+. The summed E-state index contributed by atoms with van der Waals surface area (Å²) in [5.41, 5.74) is 1.26. The summed E-state index contributed by atoms with van der Waals surface area (Å²) in [5, 5.41) is 11.2. The number of hydrogen-bond donors (Lipinski definition) is 1. The van der Waals surface area contributed by atoms with Crippen LogP contribution in [0, 0.1) is 5.92 Å². The van der Waals surface area contributed by atoms with Gasteiger partial charge in [0.15, 0.2) is 0 Å². The second-order valence-corrected chi connectivity index (χ2v) is 9.69. The second kappa shape index (κ2) is 13.8. The van der Waals surface area contributed by atoms with Crippen molar-refractivity contribution in [3.8, 4) is 11.5 Å². The van der Waals surface area contributed by atoms with Crippen molar-refractivity contribution in [2.45, 2.75) is 52.5 Å². The number of ketones is 1. The highest BCUT2D eigenvalue weighted by molar-refractivity contribution is 6.46. The van der Waals surface area contributed by atoms with Gasteiger partial charge in [0.05, 0.1) is 24.8 Å². The zero-order valence-corrected chi connectivity index (χ0v) is 22.4. The molecule has 2 aromatic carbocycles. The average molecular weight is 510 g/mol. The fourth-order valence-corrected chi connectivity index (χ4v) is 4.25. The van der Waals surface area contributed by atoms with Gasteiger partial charge in [-0.25, -0.2) is 0 Å². The summed E-state index contributed by atoms with van der Waals surface area (Å²) in [6.07, 6.45) is 3.79. The van der Waals surface area contributed by atoms with Crippen molar-refractivity contribution in [2.24, 2.45) is 5.92 Å². The molecule has 0 aromatic heterocycles. The van der Waals surface area contributed by atoms with Crippen LogP contribution in [0.25, 0.3) is 5.76 Å². The number of likely N-dealkylation sites (tertiary alicyclic amines) is 1. The first kappa shape index (κ1) is 28.3. The van der Waals surface area contributed by atoms with E-state index in [1.54, 1.807) is 31.4 Å². The van der Waals surface area contributed by atoms with Crippen molar-refractivity contribution in [3.63, 3.8) is 0 Å². The van der Waals surface area contributed by atoms with Gasteiger partial charge in [-0.15, -0.1) is 0 Å². The number of aliphatic hydroxyl groups excluding tert-OH is 1. The Morgan fingerprint density at radius 2 is 1.57 bits per heavy atom. The molecule has 1 saturated heterocycles. The Balaban J connectivity index is 1.92. The molecule has 0 aliphatic carbocycles. The van der Waals surface area contributed by atoms with Crippen LogP contribution in [0.3, 0.4) is 0 Å². The smallest absolute Gasteiger partial charge is 0.295 e. The molecular formula is C30H39NO6. The number of ether oxygens (including phenoxy) is 3. The van der Waals surface area contributed by atoms with E-state index in [0.717, 1.165) is 30.6 Å². The summed E-state index contributed by atoms with van der Waals surface area (Å²) in [4.78, 5) is 27.7. The third-order valence-corrected chi connectivity index (χ3v) is 6.21. The average Bonchev–Trinajstić information content (AvgIpc) is 3.15. The van der Waals surface area contributed by atoms with Gasteiger partial charge in [-0.1, -0.05) is 45.7 Å². The van der Waals surface area contributed by atoms with Crippen molar-refractivity contribution in [1.29, 1.82) is 0 Å². The van der Waals surface area contributed by atoms with Crippen molar-refractivity contribution < 1.29 is 28.9 Å². The van der Waals surface area contributed by atoms with Crippen LogP contribution in [0.2, 0.25) is 0 Å². The number of carbonyl (C=O) groups excluding carboxylic acids is 2. The van der Waals surface area contributed by atoms with E-state index in [-0.39, 0.29) is 11.3 Å². The summed E-state index contributed by atoms with van der Waals surface area (Å²) in [6.45, 7) is 8.28. The lowest BCUT2D eigenvalue weighted by Crippen LogP contribution is -2.31. The highest BCUT2D eigenvalue weighted by atomic mass is 16.5. The molecule has 1 atom stereocenters. The van der Waals surface area contributed by atoms with E-state index in [9.17, 15) is 14.7 Å². The molecule has 37 heavy (non-hydrogen) atoms. The Labute approximate surface area is 220 Å². The normalized spacial score (nSPS) is 17.0. The molecule has 7 nitrogen and oxygen atoms in total. The van der Waals surface area contributed by atoms with E-state index in [0.29, 0.717) is 50.0 Å². The Morgan fingerprint density at radius 3 is 2.19 bits per heavy atom. The fraction of sp³-hybridized carbons (Fsp3) is 0.467. The predicted octanol–water partition coefficient (Wildman–Crippen LogP) is 5.75. The first-order valence-electron chi connectivity index (χ1n) is 13.1. The molecule has 0 spiro atoms. The van der Waals surface area contributed by atoms with Gasteiger partial charge >= 0.3 is 0 Å². The van der Waals surface area contributed by atoms with Gasteiger partial charge in [-0.3, -0.25) is 9.59 Å². The maximum atomic E-state index is 13.2. The maximum Gasteiger partial charge on any atom is 0.295 e. The molecule has 3 rings (SSSR count). The molecule has 1 aliphatic heterocycles.